The molecule has 2 aromatic heterocycles. The maximum absolute atomic E-state index is 13.9. The second kappa shape index (κ2) is 7.18. The van der Waals surface area contributed by atoms with Crippen LogP contribution in [0.3, 0.4) is 0 Å². The van der Waals surface area contributed by atoms with Crippen LogP contribution >= 0.6 is 11.3 Å². The molecule has 0 aliphatic heterocycles. The van der Waals surface area contributed by atoms with Gasteiger partial charge >= 0.3 is 5.97 Å². The summed E-state index contributed by atoms with van der Waals surface area (Å²) >= 11 is -2.01. The number of nitrogens with zero attached hydrogens (tertiary/aromatic N) is 1. The summed E-state index contributed by atoms with van der Waals surface area (Å²) in [6.07, 6.45) is 1.49. The van der Waals surface area contributed by atoms with E-state index in [0.29, 0.717) is 22.7 Å². The highest BCUT2D eigenvalue weighted by molar-refractivity contribution is 7.81. The summed E-state index contributed by atoms with van der Waals surface area (Å²) in [6, 6.07) is 11.9. The number of hydrogen-bond donors (Lipinski definition) is 1. The number of methoxy groups -OCH3 is 1. The van der Waals surface area contributed by atoms with Crippen molar-refractivity contribution < 1.29 is 22.7 Å². The van der Waals surface area contributed by atoms with Crippen LogP contribution < -0.4 is 4.31 Å². The topological polar surface area (TPSA) is 85.5 Å². The fourth-order valence-electron chi connectivity index (χ4n) is 2.26. The first kappa shape index (κ1) is 17.3. The summed E-state index contributed by atoms with van der Waals surface area (Å²) in [7, 11) is 1.13. The quantitative estimate of drug-likeness (QED) is 0.542. The first-order valence-corrected chi connectivity index (χ1v) is 8.87. The number of halogens is 1. The number of rotatable bonds is 5. The Labute approximate surface area is 149 Å². The van der Waals surface area contributed by atoms with Gasteiger partial charge in [-0.15, -0.1) is 11.3 Å². The Morgan fingerprint density at radius 3 is 2.68 bits per heavy atom. The molecule has 2 heterocycles. The number of aromatic amines is 1. The molecule has 0 fully saturated rings. The second-order valence-corrected chi connectivity index (χ2v) is 6.73. The average Bonchev–Trinajstić information content (AvgIpc) is 3.22. The lowest BCUT2D eigenvalue weighted by Crippen LogP contribution is -2.17. The summed E-state index contributed by atoms with van der Waals surface area (Å²) in [4.78, 5) is 14.2. The predicted octanol–water partition coefficient (Wildman–Crippen LogP) is 3.60. The minimum absolute atomic E-state index is 0.0462. The monoisotopic (exact) mass is 379 g/mol. The number of esters is 1. The van der Waals surface area contributed by atoms with Crippen LogP contribution in [0.2, 0.25) is 0 Å². The van der Waals surface area contributed by atoms with Gasteiger partial charge in [0.15, 0.2) is 10.7 Å². The molecule has 1 N–H and O–H groups in total. The predicted molar refractivity (Wildman–Crippen MR) is 92.9 cm³/mol. The molecule has 0 aliphatic rings. The molecule has 0 amide bonds. The van der Waals surface area contributed by atoms with E-state index in [-0.39, 0.29) is 9.88 Å². The van der Waals surface area contributed by atoms with Gasteiger partial charge in [0, 0.05) is 18.0 Å². The molecular weight excluding hydrogens is 367 g/mol. The van der Waals surface area contributed by atoms with Crippen LogP contribution in [0.15, 0.2) is 48.7 Å². The average molecular weight is 379 g/mol. The molecule has 25 heavy (non-hydrogen) atoms. The third-order valence-electron chi connectivity index (χ3n) is 3.38. The number of nitrogens with one attached hydrogen (secondary N) is 1. The Kier molecular flexibility index (Phi) is 4.98. The first-order valence-electron chi connectivity index (χ1n) is 7.02. The van der Waals surface area contributed by atoms with E-state index in [9.17, 15) is 17.9 Å². The van der Waals surface area contributed by atoms with E-state index in [1.165, 1.54) is 6.20 Å². The molecule has 0 aliphatic carbocycles. The van der Waals surface area contributed by atoms with Crippen molar-refractivity contribution in [1.29, 1.82) is 0 Å². The summed E-state index contributed by atoms with van der Waals surface area (Å²) in [5.74, 6) is -1.69. The summed E-state index contributed by atoms with van der Waals surface area (Å²) < 4.78 is 42.7. The van der Waals surface area contributed by atoms with E-state index < -0.39 is 23.1 Å². The third kappa shape index (κ3) is 3.48. The Morgan fingerprint density at radius 1 is 1.32 bits per heavy atom. The molecular formula is C16H12FN2O4S2-. The number of ether oxygens (including phenoxy) is 1. The second-order valence-electron chi connectivity index (χ2n) is 4.90. The van der Waals surface area contributed by atoms with Gasteiger partial charge in [-0.1, -0.05) is 30.3 Å². The van der Waals surface area contributed by atoms with Crippen LogP contribution in [0.5, 0.6) is 0 Å². The molecule has 6 nitrogen and oxygen atoms in total. The fraction of sp³-hybridized carbons (Fsp3) is 0.0625. The maximum atomic E-state index is 13.9. The van der Waals surface area contributed by atoms with Crippen molar-refractivity contribution in [3.63, 3.8) is 0 Å². The molecule has 0 radical (unpaired) electrons. The highest BCUT2D eigenvalue weighted by Gasteiger charge is 2.22. The minimum Gasteiger partial charge on any atom is -0.755 e. The minimum atomic E-state index is -2.70. The van der Waals surface area contributed by atoms with E-state index in [1.807, 2.05) is 30.3 Å². The Balaban J connectivity index is 1.99. The van der Waals surface area contributed by atoms with E-state index in [4.69, 9.17) is 0 Å². The number of H-pyrrole nitrogens is 1. The van der Waals surface area contributed by atoms with Gasteiger partial charge in [-0.25, -0.2) is 9.18 Å². The van der Waals surface area contributed by atoms with Crippen molar-refractivity contribution >= 4 is 39.3 Å². The number of thiophene rings is 1. The molecule has 9 heteroatoms. The molecule has 3 aromatic rings. The van der Waals surface area contributed by atoms with E-state index in [1.54, 1.807) is 6.07 Å². The summed E-state index contributed by atoms with van der Waals surface area (Å²) in [6.45, 7) is 0. The standard InChI is InChI=1S/C16H13FN2O4S2/c1-23-16(20)15-12(17)8-14(24-15)19(25(21)22)11-7-13(18-9-11)10-5-3-2-4-6-10/h2-9,18H,1H3,(H,21,22)/p-1. The lowest BCUT2D eigenvalue weighted by molar-refractivity contribution is 0.0601. The first-order chi connectivity index (χ1) is 12.0. The number of carbonyl (C=O) groups is 1. The lowest BCUT2D eigenvalue weighted by Gasteiger charge is -2.23. The van der Waals surface area contributed by atoms with Crippen molar-refractivity contribution in [2.75, 3.05) is 11.4 Å². The smallest absolute Gasteiger partial charge is 0.351 e. The molecule has 0 spiro atoms. The molecule has 3 rings (SSSR count). The lowest BCUT2D eigenvalue weighted by atomic mass is 10.1. The van der Waals surface area contributed by atoms with Gasteiger partial charge in [0.25, 0.3) is 0 Å². The molecule has 0 bridgehead atoms. The van der Waals surface area contributed by atoms with Crippen LogP contribution in [-0.2, 0) is 16.0 Å². The molecule has 0 saturated carbocycles. The van der Waals surface area contributed by atoms with Crippen LogP contribution in [0.25, 0.3) is 11.3 Å². The number of aromatic nitrogens is 1. The zero-order valence-corrected chi connectivity index (χ0v) is 14.5. The highest BCUT2D eigenvalue weighted by Crippen LogP contribution is 2.36. The molecule has 0 saturated heterocycles. The number of anilines is 2. The molecule has 1 aromatic carbocycles. The van der Waals surface area contributed by atoms with Gasteiger partial charge in [-0.3, -0.25) is 8.51 Å². The summed E-state index contributed by atoms with van der Waals surface area (Å²) in [5.41, 5.74) is 1.87. The van der Waals surface area contributed by atoms with E-state index >= 15 is 0 Å². The van der Waals surface area contributed by atoms with Crippen molar-refractivity contribution in [2.45, 2.75) is 0 Å². The molecule has 1 atom stereocenters. The van der Waals surface area contributed by atoms with Crippen LogP contribution in [0, 0.1) is 5.82 Å². The van der Waals surface area contributed by atoms with Crippen molar-refractivity contribution in [3.8, 4) is 11.3 Å². The van der Waals surface area contributed by atoms with Gasteiger partial charge in [0.2, 0.25) is 0 Å². The van der Waals surface area contributed by atoms with Gasteiger partial charge in [-0.05, 0) is 11.6 Å². The summed E-state index contributed by atoms with van der Waals surface area (Å²) in [5, 5.41) is 0.0462. The van der Waals surface area contributed by atoms with Gasteiger partial charge in [-0.2, -0.15) is 0 Å². The zero-order chi connectivity index (χ0) is 18.0. The largest absolute Gasteiger partial charge is 0.755 e. The fourth-order valence-corrected chi connectivity index (χ4v) is 3.91. The van der Waals surface area contributed by atoms with Gasteiger partial charge < -0.3 is 14.3 Å². The van der Waals surface area contributed by atoms with Crippen molar-refractivity contribution in [1.82, 2.24) is 4.98 Å². The maximum Gasteiger partial charge on any atom is 0.351 e. The van der Waals surface area contributed by atoms with E-state index in [0.717, 1.165) is 23.0 Å². The number of hydrogen-bond acceptors (Lipinski definition) is 5. The normalized spacial score (nSPS) is 12.0. The molecule has 130 valence electrons. The zero-order valence-electron chi connectivity index (χ0n) is 12.9. The van der Waals surface area contributed by atoms with Crippen molar-refractivity contribution in [2.24, 2.45) is 0 Å². The molecule has 1 unspecified atom stereocenters. The highest BCUT2D eigenvalue weighted by atomic mass is 32.2. The van der Waals surface area contributed by atoms with Crippen LogP contribution in [0.1, 0.15) is 9.67 Å². The van der Waals surface area contributed by atoms with Crippen LogP contribution in [0.4, 0.5) is 15.1 Å². The Bertz CT molecular complexity index is 923. The number of carbonyl (C=O) groups excluding carboxylic acids is 1. The van der Waals surface area contributed by atoms with Gasteiger partial charge in [0.1, 0.15) is 5.00 Å². The Morgan fingerprint density at radius 2 is 2.04 bits per heavy atom. The SMILES string of the molecule is COC(=O)c1sc(N(c2c[nH]c(-c3ccccc3)c2)S(=O)[O-])cc1F. The van der Waals surface area contributed by atoms with Gasteiger partial charge in [0.05, 0.1) is 24.1 Å². The Hall–Kier alpha value is -2.49. The van der Waals surface area contributed by atoms with Crippen LogP contribution in [-0.4, -0.2) is 26.8 Å². The van der Waals surface area contributed by atoms with E-state index in [2.05, 4.69) is 9.72 Å². The third-order valence-corrected chi connectivity index (χ3v) is 5.28. The number of benzene rings is 1. The van der Waals surface area contributed by atoms with Crippen molar-refractivity contribution in [3.05, 3.63) is 59.4 Å².